The number of rotatable bonds is 2. The summed E-state index contributed by atoms with van der Waals surface area (Å²) in [6.45, 7) is 10.6. The standard InChI is InChI=1S/C11H19N/c1-4-5-6-10-7-8-12-9-11(10,2)3/h4,6,12H,1,5,7-9H2,2-3H3/b10-6+. The first-order valence-electron chi connectivity index (χ1n) is 4.68. The zero-order valence-electron chi connectivity index (χ0n) is 8.19. The minimum atomic E-state index is 0.348. The number of piperidine rings is 1. The number of hydrogen-bond acceptors (Lipinski definition) is 1. The van der Waals surface area contributed by atoms with Gasteiger partial charge in [-0.15, -0.1) is 6.58 Å². The Labute approximate surface area is 75.6 Å². The van der Waals surface area contributed by atoms with Gasteiger partial charge in [0.1, 0.15) is 0 Å². The molecule has 1 heterocycles. The van der Waals surface area contributed by atoms with Crippen molar-refractivity contribution in [1.82, 2.24) is 5.32 Å². The third-order valence-electron chi connectivity index (χ3n) is 2.54. The van der Waals surface area contributed by atoms with E-state index in [-0.39, 0.29) is 0 Å². The minimum Gasteiger partial charge on any atom is -0.316 e. The van der Waals surface area contributed by atoms with Crippen molar-refractivity contribution in [2.45, 2.75) is 26.7 Å². The lowest BCUT2D eigenvalue weighted by Crippen LogP contribution is -2.37. The van der Waals surface area contributed by atoms with E-state index in [1.807, 2.05) is 6.08 Å². The van der Waals surface area contributed by atoms with Gasteiger partial charge < -0.3 is 5.32 Å². The van der Waals surface area contributed by atoms with Gasteiger partial charge in [-0.05, 0) is 24.8 Å². The maximum atomic E-state index is 3.73. The van der Waals surface area contributed by atoms with Crippen LogP contribution in [-0.4, -0.2) is 13.1 Å². The highest BCUT2D eigenvalue weighted by molar-refractivity contribution is 5.16. The van der Waals surface area contributed by atoms with Gasteiger partial charge in [-0.3, -0.25) is 0 Å². The van der Waals surface area contributed by atoms with Crippen molar-refractivity contribution in [2.24, 2.45) is 5.41 Å². The molecule has 0 aliphatic carbocycles. The Bertz CT molecular complexity index is 189. The topological polar surface area (TPSA) is 12.0 Å². The Balaban J connectivity index is 2.65. The lowest BCUT2D eigenvalue weighted by atomic mass is 9.79. The molecule has 12 heavy (non-hydrogen) atoms. The molecular formula is C11H19N. The molecule has 0 spiro atoms. The zero-order chi connectivity index (χ0) is 9.03. The number of allylic oxidation sites excluding steroid dienone is 2. The van der Waals surface area contributed by atoms with E-state index in [9.17, 15) is 0 Å². The summed E-state index contributed by atoms with van der Waals surface area (Å²) in [5, 5.41) is 3.41. The summed E-state index contributed by atoms with van der Waals surface area (Å²) in [5.41, 5.74) is 1.93. The molecule has 0 aromatic rings. The van der Waals surface area contributed by atoms with Crippen LogP contribution in [0.25, 0.3) is 0 Å². The first-order chi connectivity index (χ1) is 5.67. The average molecular weight is 165 g/mol. The fourth-order valence-corrected chi connectivity index (χ4v) is 1.68. The smallest absolute Gasteiger partial charge is 0.00400 e. The van der Waals surface area contributed by atoms with Crippen molar-refractivity contribution in [2.75, 3.05) is 13.1 Å². The molecule has 1 rings (SSSR count). The van der Waals surface area contributed by atoms with Gasteiger partial charge in [0.25, 0.3) is 0 Å². The van der Waals surface area contributed by atoms with Crippen LogP contribution in [0.1, 0.15) is 26.7 Å². The maximum absolute atomic E-state index is 3.73. The average Bonchev–Trinajstić information content (AvgIpc) is 2.02. The summed E-state index contributed by atoms with van der Waals surface area (Å²) in [5.74, 6) is 0. The molecule has 1 N–H and O–H groups in total. The van der Waals surface area contributed by atoms with Crippen LogP contribution in [0.15, 0.2) is 24.3 Å². The van der Waals surface area contributed by atoms with Crippen molar-refractivity contribution in [1.29, 1.82) is 0 Å². The van der Waals surface area contributed by atoms with Gasteiger partial charge in [0.2, 0.25) is 0 Å². The van der Waals surface area contributed by atoms with Gasteiger partial charge in [0.15, 0.2) is 0 Å². The third-order valence-corrected chi connectivity index (χ3v) is 2.54. The largest absolute Gasteiger partial charge is 0.316 e. The van der Waals surface area contributed by atoms with Crippen LogP contribution in [-0.2, 0) is 0 Å². The Morgan fingerprint density at radius 2 is 2.33 bits per heavy atom. The molecule has 0 aromatic heterocycles. The molecular weight excluding hydrogens is 146 g/mol. The van der Waals surface area contributed by atoms with Crippen LogP contribution < -0.4 is 5.32 Å². The highest BCUT2D eigenvalue weighted by Gasteiger charge is 2.25. The fourth-order valence-electron chi connectivity index (χ4n) is 1.68. The molecule has 0 saturated carbocycles. The Kier molecular flexibility index (Phi) is 3.10. The van der Waals surface area contributed by atoms with Gasteiger partial charge in [-0.25, -0.2) is 0 Å². The number of hydrogen-bond donors (Lipinski definition) is 1. The highest BCUT2D eigenvalue weighted by Crippen LogP contribution is 2.30. The molecule has 1 nitrogen and oxygen atoms in total. The maximum Gasteiger partial charge on any atom is 0.00400 e. The molecule has 0 atom stereocenters. The normalized spacial score (nSPS) is 25.7. The third kappa shape index (κ3) is 2.21. The summed E-state index contributed by atoms with van der Waals surface area (Å²) in [6.07, 6.45) is 6.50. The lowest BCUT2D eigenvalue weighted by molar-refractivity contribution is 0.356. The predicted molar refractivity (Wildman–Crippen MR) is 54.2 cm³/mol. The van der Waals surface area contributed by atoms with E-state index >= 15 is 0 Å². The molecule has 1 heteroatoms. The molecule has 1 aliphatic heterocycles. The quantitative estimate of drug-likeness (QED) is 0.620. The van der Waals surface area contributed by atoms with E-state index in [1.165, 1.54) is 6.42 Å². The Morgan fingerprint density at radius 1 is 1.58 bits per heavy atom. The fraction of sp³-hybridized carbons (Fsp3) is 0.636. The molecule has 68 valence electrons. The van der Waals surface area contributed by atoms with E-state index in [4.69, 9.17) is 0 Å². The SMILES string of the molecule is C=CC/C=C1\CCNCC1(C)C. The molecule has 0 amide bonds. The number of nitrogens with one attached hydrogen (secondary N) is 1. The van der Waals surface area contributed by atoms with E-state index in [0.717, 1.165) is 19.5 Å². The second-order valence-electron chi connectivity index (χ2n) is 4.06. The summed E-state index contributed by atoms with van der Waals surface area (Å²) in [4.78, 5) is 0. The van der Waals surface area contributed by atoms with Crippen LogP contribution in [0.2, 0.25) is 0 Å². The van der Waals surface area contributed by atoms with Crippen LogP contribution >= 0.6 is 0 Å². The van der Waals surface area contributed by atoms with Crippen LogP contribution in [0.4, 0.5) is 0 Å². The summed E-state index contributed by atoms with van der Waals surface area (Å²) < 4.78 is 0. The lowest BCUT2D eigenvalue weighted by Gasteiger charge is -2.33. The van der Waals surface area contributed by atoms with Crippen molar-refractivity contribution < 1.29 is 0 Å². The van der Waals surface area contributed by atoms with Crippen LogP contribution in [0.3, 0.4) is 0 Å². The predicted octanol–water partition coefficient (Wildman–Crippen LogP) is 2.51. The van der Waals surface area contributed by atoms with E-state index < -0.39 is 0 Å². The molecule has 0 bridgehead atoms. The van der Waals surface area contributed by atoms with Gasteiger partial charge in [0.05, 0.1) is 0 Å². The van der Waals surface area contributed by atoms with Crippen LogP contribution in [0.5, 0.6) is 0 Å². The van der Waals surface area contributed by atoms with Crippen LogP contribution in [0, 0.1) is 5.41 Å². The van der Waals surface area contributed by atoms with Gasteiger partial charge in [-0.2, -0.15) is 0 Å². The second kappa shape index (κ2) is 3.90. The second-order valence-corrected chi connectivity index (χ2v) is 4.06. The van der Waals surface area contributed by atoms with Gasteiger partial charge >= 0.3 is 0 Å². The first-order valence-corrected chi connectivity index (χ1v) is 4.68. The van der Waals surface area contributed by atoms with E-state index in [0.29, 0.717) is 5.41 Å². The van der Waals surface area contributed by atoms with Crippen molar-refractivity contribution >= 4 is 0 Å². The zero-order valence-corrected chi connectivity index (χ0v) is 8.19. The monoisotopic (exact) mass is 165 g/mol. The van der Waals surface area contributed by atoms with Crippen molar-refractivity contribution in [3.8, 4) is 0 Å². The minimum absolute atomic E-state index is 0.348. The van der Waals surface area contributed by atoms with Crippen molar-refractivity contribution in [3.05, 3.63) is 24.3 Å². The van der Waals surface area contributed by atoms with Gasteiger partial charge in [-0.1, -0.05) is 31.6 Å². The van der Waals surface area contributed by atoms with Crippen molar-refractivity contribution in [3.63, 3.8) is 0 Å². The molecule has 0 unspecified atom stereocenters. The summed E-state index contributed by atoms with van der Waals surface area (Å²) in [6, 6.07) is 0. The molecule has 0 aromatic carbocycles. The van der Waals surface area contributed by atoms with E-state index in [2.05, 4.69) is 31.8 Å². The van der Waals surface area contributed by atoms with E-state index in [1.54, 1.807) is 5.57 Å². The molecule has 1 saturated heterocycles. The van der Waals surface area contributed by atoms with Gasteiger partial charge in [0, 0.05) is 6.54 Å². The first kappa shape index (κ1) is 9.53. The highest BCUT2D eigenvalue weighted by atomic mass is 14.9. The summed E-state index contributed by atoms with van der Waals surface area (Å²) in [7, 11) is 0. The summed E-state index contributed by atoms with van der Waals surface area (Å²) >= 11 is 0. The molecule has 1 fully saturated rings. The molecule has 0 radical (unpaired) electrons. The molecule has 1 aliphatic rings. The Morgan fingerprint density at radius 3 is 2.92 bits per heavy atom. The Hall–Kier alpha value is -0.560.